The summed E-state index contributed by atoms with van der Waals surface area (Å²) >= 11 is 0. The molecule has 2 saturated heterocycles. The standard InChI is InChI=1S/C14H24N2O3/c1-3-19-14(18)12-6-4-5-7-16(12)13(17)11-9-15-8-10(11)2/h10-12,15H,3-9H2,1-2H3. The van der Waals surface area contributed by atoms with Crippen molar-refractivity contribution in [3.8, 4) is 0 Å². The maximum absolute atomic E-state index is 12.6. The van der Waals surface area contributed by atoms with Crippen molar-refractivity contribution >= 4 is 11.9 Å². The summed E-state index contributed by atoms with van der Waals surface area (Å²) < 4.78 is 5.10. The molecule has 0 aliphatic carbocycles. The number of amides is 1. The molecule has 0 radical (unpaired) electrons. The van der Waals surface area contributed by atoms with Crippen LogP contribution >= 0.6 is 0 Å². The van der Waals surface area contributed by atoms with Crippen LogP contribution in [-0.2, 0) is 14.3 Å². The molecule has 0 bridgehead atoms. The van der Waals surface area contributed by atoms with Gasteiger partial charge >= 0.3 is 5.97 Å². The zero-order valence-electron chi connectivity index (χ0n) is 11.9. The van der Waals surface area contributed by atoms with E-state index in [1.807, 2.05) is 0 Å². The largest absolute Gasteiger partial charge is 0.464 e. The number of piperidine rings is 1. The molecule has 2 rings (SSSR count). The third kappa shape index (κ3) is 3.08. The predicted octanol–water partition coefficient (Wildman–Crippen LogP) is 0.786. The number of hydrogen-bond donors (Lipinski definition) is 1. The molecule has 1 amide bonds. The highest BCUT2D eigenvalue weighted by molar-refractivity contribution is 5.86. The Balaban J connectivity index is 2.06. The van der Waals surface area contributed by atoms with E-state index < -0.39 is 0 Å². The average molecular weight is 268 g/mol. The van der Waals surface area contributed by atoms with E-state index >= 15 is 0 Å². The SMILES string of the molecule is CCOC(=O)C1CCCCN1C(=O)C1CNCC1C. The smallest absolute Gasteiger partial charge is 0.328 e. The number of ether oxygens (including phenoxy) is 1. The van der Waals surface area contributed by atoms with Gasteiger partial charge in [0.2, 0.25) is 5.91 Å². The molecule has 0 aromatic heterocycles. The molecule has 2 aliphatic heterocycles. The lowest BCUT2D eigenvalue weighted by Crippen LogP contribution is -2.51. The molecule has 3 unspecified atom stereocenters. The van der Waals surface area contributed by atoms with E-state index in [4.69, 9.17) is 4.74 Å². The molecule has 2 heterocycles. The van der Waals surface area contributed by atoms with Crippen molar-refractivity contribution in [2.45, 2.75) is 39.2 Å². The van der Waals surface area contributed by atoms with Crippen LogP contribution in [0.5, 0.6) is 0 Å². The van der Waals surface area contributed by atoms with E-state index in [9.17, 15) is 9.59 Å². The van der Waals surface area contributed by atoms with E-state index in [2.05, 4.69) is 12.2 Å². The highest BCUT2D eigenvalue weighted by Crippen LogP contribution is 2.25. The molecule has 0 aromatic rings. The molecule has 0 spiro atoms. The van der Waals surface area contributed by atoms with Crippen LogP contribution in [0.4, 0.5) is 0 Å². The van der Waals surface area contributed by atoms with E-state index in [1.54, 1.807) is 11.8 Å². The maximum Gasteiger partial charge on any atom is 0.328 e. The van der Waals surface area contributed by atoms with Crippen molar-refractivity contribution in [2.24, 2.45) is 11.8 Å². The lowest BCUT2D eigenvalue weighted by molar-refractivity contribution is -0.158. The number of nitrogens with one attached hydrogen (secondary N) is 1. The van der Waals surface area contributed by atoms with Crippen LogP contribution in [0.3, 0.4) is 0 Å². The van der Waals surface area contributed by atoms with E-state index in [0.717, 1.165) is 32.4 Å². The molecular formula is C14H24N2O3. The van der Waals surface area contributed by atoms with Crippen molar-refractivity contribution in [3.63, 3.8) is 0 Å². The summed E-state index contributed by atoms with van der Waals surface area (Å²) in [5.74, 6) is 0.233. The summed E-state index contributed by atoms with van der Waals surface area (Å²) in [5.41, 5.74) is 0. The highest BCUT2D eigenvalue weighted by Gasteiger charge is 2.39. The Kier molecular flexibility index (Phi) is 4.80. The van der Waals surface area contributed by atoms with Crippen LogP contribution < -0.4 is 5.32 Å². The Morgan fingerprint density at radius 2 is 2.11 bits per heavy atom. The second kappa shape index (κ2) is 6.37. The highest BCUT2D eigenvalue weighted by atomic mass is 16.5. The van der Waals surface area contributed by atoms with Crippen LogP contribution in [0.2, 0.25) is 0 Å². The molecule has 5 heteroatoms. The van der Waals surface area contributed by atoms with Gasteiger partial charge in [-0.2, -0.15) is 0 Å². The van der Waals surface area contributed by atoms with Crippen LogP contribution in [0, 0.1) is 11.8 Å². The third-order valence-corrected chi connectivity index (χ3v) is 4.18. The van der Waals surface area contributed by atoms with Crippen molar-refractivity contribution in [1.29, 1.82) is 0 Å². The number of carbonyl (C=O) groups excluding carboxylic acids is 2. The van der Waals surface area contributed by atoms with Crippen LogP contribution in [-0.4, -0.2) is 49.1 Å². The second-order valence-corrected chi connectivity index (χ2v) is 5.54. The van der Waals surface area contributed by atoms with Gasteiger partial charge in [-0.25, -0.2) is 4.79 Å². The fourth-order valence-corrected chi connectivity index (χ4v) is 3.03. The summed E-state index contributed by atoms with van der Waals surface area (Å²) in [4.78, 5) is 26.3. The maximum atomic E-state index is 12.6. The summed E-state index contributed by atoms with van der Waals surface area (Å²) in [7, 11) is 0. The Labute approximate surface area is 114 Å². The van der Waals surface area contributed by atoms with Gasteiger partial charge in [0.1, 0.15) is 6.04 Å². The van der Waals surface area contributed by atoms with Crippen LogP contribution in [0.1, 0.15) is 33.1 Å². The van der Waals surface area contributed by atoms with Crippen molar-refractivity contribution in [2.75, 3.05) is 26.2 Å². The summed E-state index contributed by atoms with van der Waals surface area (Å²) in [6, 6.07) is -0.367. The molecule has 5 nitrogen and oxygen atoms in total. The van der Waals surface area contributed by atoms with Crippen molar-refractivity contribution < 1.29 is 14.3 Å². The van der Waals surface area contributed by atoms with Crippen LogP contribution in [0.25, 0.3) is 0 Å². The fourth-order valence-electron chi connectivity index (χ4n) is 3.03. The number of likely N-dealkylation sites (tertiary alicyclic amines) is 1. The monoisotopic (exact) mass is 268 g/mol. The first kappa shape index (κ1) is 14.3. The van der Waals surface area contributed by atoms with Gasteiger partial charge in [0, 0.05) is 13.1 Å². The normalized spacial score (nSPS) is 31.3. The average Bonchev–Trinajstić information content (AvgIpc) is 2.84. The van der Waals surface area contributed by atoms with E-state index in [-0.39, 0.29) is 23.8 Å². The minimum atomic E-state index is -0.367. The number of nitrogens with zero attached hydrogens (tertiary/aromatic N) is 1. The third-order valence-electron chi connectivity index (χ3n) is 4.18. The van der Waals surface area contributed by atoms with Gasteiger partial charge < -0.3 is 15.0 Å². The molecule has 1 N–H and O–H groups in total. The molecule has 2 fully saturated rings. The zero-order valence-corrected chi connectivity index (χ0v) is 11.9. The predicted molar refractivity (Wildman–Crippen MR) is 71.5 cm³/mol. The Morgan fingerprint density at radius 1 is 1.32 bits per heavy atom. The number of hydrogen-bond acceptors (Lipinski definition) is 4. The van der Waals surface area contributed by atoms with Gasteiger partial charge in [-0.1, -0.05) is 6.92 Å². The first-order valence-electron chi connectivity index (χ1n) is 7.33. The Hall–Kier alpha value is -1.10. The van der Waals surface area contributed by atoms with Gasteiger partial charge in [0.15, 0.2) is 0 Å². The molecule has 2 aliphatic rings. The zero-order chi connectivity index (χ0) is 13.8. The number of carbonyl (C=O) groups is 2. The summed E-state index contributed by atoms with van der Waals surface area (Å²) in [6.45, 7) is 6.56. The van der Waals surface area contributed by atoms with Gasteiger partial charge in [-0.15, -0.1) is 0 Å². The Bertz CT molecular complexity index is 346. The molecule has 3 atom stereocenters. The quantitative estimate of drug-likeness (QED) is 0.769. The molecule has 108 valence electrons. The summed E-state index contributed by atoms with van der Waals surface area (Å²) in [5, 5.41) is 3.25. The van der Waals surface area contributed by atoms with Gasteiger partial charge in [0.05, 0.1) is 12.5 Å². The first-order valence-corrected chi connectivity index (χ1v) is 7.33. The van der Waals surface area contributed by atoms with E-state index in [1.165, 1.54) is 0 Å². The molecular weight excluding hydrogens is 244 g/mol. The fraction of sp³-hybridized carbons (Fsp3) is 0.857. The van der Waals surface area contributed by atoms with Crippen molar-refractivity contribution in [3.05, 3.63) is 0 Å². The van der Waals surface area contributed by atoms with Crippen molar-refractivity contribution in [1.82, 2.24) is 10.2 Å². The number of rotatable bonds is 3. The molecule has 0 saturated carbocycles. The number of esters is 1. The van der Waals surface area contributed by atoms with Gasteiger partial charge in [0.25, 0.3) is 0 Å². The van der Waals surface area contributed by atoms with Gasteiger partial charge in [-0.05, 0) is 38.6 Å². The second-order valence-electron chi connectivity index (χ2n) is 5.54. The lowest BCUT2D eigenvalue weighted by Gasteiger charge is -2.36. The van der Waals surface area contributed by atoms with E-state index in [0.29, 0.717) is 19.1 Å². The topological polar surface area (TPSA) is 58.6 Å². The Morgan fingerprint density at radius 3 is 2.74 bits per heavy atom. The first-order chi connectivity index (χ1) is 9.15. The minimum Gasteiger partial charge on any atom is -0.464 e. The lowest BCUT2D eigenvalue weighted by atomic mass is 9.93. The minimum absolute atomic E-state index is 0.00928. The molecule has 19 heavy (non-hydrogen) atoms. The van der Waals surface area contributed by atoms with Crippen LogP contribution in [0.15, 0.2) is 0 Å². The molecule has 0 aromatic carbocycles. The van der Waals surface area contributed by atoms with Gasteiger partial charge in [-0.3, -0.25) is 4.79 Å². The summed E-state index contributed by atoms with van der Waals surface area (Å²) in [6.07, 6.45) is 2.71.